The van der Waals surface area contributed by atoms with E-state index < -0.39 is 5.97 Å². The molecule has 2 fully saturated rings. The van der Waals surface area contributed by atoms with Crippen molar-refractivity contribution < 1.29 is 19.5 Å². The second kappa shape index (κ2) is 6.98. The van der Waals surface area contributed by atoms with E-state index in [1.54, 1.807) is 23.9 Å². The van der Waals surface area contributed by atoms with Crippen LogP contribution in [0.3, 0.4) is 0 Å². The van der Waals surface area contributed by atoms with Crippen molar-refractivity contribution in [1.29, 1.82) is 0 Å². The van der Waals surface area contributed by atoms with E-state index in [1.807, 2.05) is 0 Å². The molecule has 0 unspecified atom stereocenters. The van der Waals surface area contributed by atoms with Crippen LogP contribution in [0.5, 0.6) is 0 Å². The Kier molecular flexibility index (Phi) is 5.26. The van der Waals surface area contributed by atoms with Crippen LogP contribution in [-0.2, 0) is 9.59 Å². The number of carboxylic acid groups (broad SMARTS) is 1. The van der Waals surface area contributed by atoms with Crippen molar-refractivity contribution >= 4 is 17.9 Å². The highest BCUT2D eigenvalue weighted by atomic mass is 16.4. The number of likely N-dealkylation sites (tertiary alicyclic amines) is 1. The SMILES string of the molecule is CN(C)C(=O)N1CCC(C(=O)N(CC(=O)O)C2CCC2)CC1. The Labute approximate surface area is 130 Å². The molecule has 0 aromatic rings. The molecular weight excluding hydrogens is 286 g/mol. The number of hydrogen-bond acceptors (Lipinski definition) is 3. The van der Waals surface area contributed by atoms with Gasteiger partial charge in [0.05, 0.1) is 0 Å². The first kappa shape index (κ1) is 16.6. The summed E-state index contributed by atoms with van der Waals surface area (Å²) in [7, 11) is 3.43. The molecule has 22 heavy (non-hydrogen) atoms. The zero-order chi connectivity index (χ0) is 16.3. The standard InChI is InChI=1S/C15H25N3O4/c1-16(2)15(22)17-8-6-11(7-9-17)14(21)18(10-13(19)20)12-4-3-5-12/h11-12H,3-10H2,1-2H3,(H,19,20). The minimum absolute atomic E-state index is 0.0349. The molecule has 1 saturated carbocycles. The molecule has 0 spiro atoms. The van der Waals surface area contributed by atoms with Gasteiger partial charge in [-0.25, -0.2) is 4.79 Å². The van der Waals surface area contributed by atoms with Crippen LogP contribution in [0.15, 0.2) is 0 Å². The van der Waals surface area contributed by atoms with Gasteiger partial charge in [0.15, 0.2) is 0 Å². The van der Waals surface area contributed by atoms with Gasteiger partial charge in [-0.15, -0.1) is 0 Å². The molecule has 3 amide bonds. The van der Waals surface area contributed by atoms with Crippen molar-refractivity contribution in [3.8, 4) is 0 Å². The van der Waals surface area contributed by atoms with E-state index in [-0.39, 0.29) is 30.4 Å². The van der Waals surface area contributed by atoms with Crippen LogP contribution in [-0.4, -0.2) is 77.5 Å². The molecule has 1 N–H and O–H groups in total. The van der Waals surface area contributed by atoms with Gasteiger partial charge >= 0.3 is 12.0 Å². The van der Waals surface area contributed by atoms with E-state index in [0.29, 0.717) is 25.9 Å². The Hall–Kier alpha value is -1.79. The summed E-state index contributed by atoms with van der Waals surface area (Å²) in [5, 5.41) is 9.02. The van der Waals surface area contributed by atoms with E-state index in [1.165, 1.54) is 4.90 Å². The van der Waals surface area contributed by atoms with Crippen LogP contribution in [0, 0.1) is 5.92 Å². The maximum absolute atomic E-state index is 12.6. The third-order valence-corrected chi connectivity index (χ3v) is 4.60. The largest absolute Gasteiger partial charge is 0.480 e. The highest BCUT2D eigenvalue weighted by Crippen LogP contribution is 2.28. The first-order valence-corrected chi connectivity index (χ1v) is 7.88. The van der Waals surface area contributed by atoms with Gasteiger partial charge in [0.2, 0.25) is 5.91 Å². The predicted molar refractivity (Wildman–Crippen MR) is 80.4 cm³/mol. The lowest BCUT2D eigenvalue weighted by atomic mass is 9.88. The molecule has 1 aliphatic carbocycles. The third-order valence-electron chi connectivity index (χ3n) is 4.60. The minimum Gasteiger partial charge on any atom is -0.480 e. The molecule has 2 aliphatic rings. The van der Waals surface area contributed by atoms with E-state index >= 15 is 0 Å². The number of amides is 3. The van der Waals surface area contributed by atoms with Crippen molar-refractivity contribution in [2.24, 2.45) is 5.92 Å². The molecule has 0 aromatic carbocycles. The summed E-state index contributed by atoms with van der Waals surface area (Å²) in [5.41, 5.74) is 0. The predicted octanol–water partition coefficient (Wildman–Crippen LogP) is 0.846. The number of carbonyl (C=O) groups is 3. The van der Waals surface area contributed by atoms with E-state index in [0.717, 1.165) is 19.3 Å². The average Bonchev–Trinajstić information content (AvgIpc) is 2.42. The van der Waals surface area contributed by atoms with Gasteiger partial charge in [0.1, 0.15) is 6.54 Å². The summed E-state index contributed by atoms with van der Waals surface area (Å²) in [6, 6.07) is 0.0531. The van der Waals surface area contributed by atoms with E-state index in [2.05, 4.69) is 0 Å². The van der Waals surface area contributed by atoms with Crippen molar-refractivity contribution in [3.63, 3.8) is 0 Å². The normalized spacial score (nSPS) is 19.5. The Morgan fingerprint density at radius 3 is 2.09 bits per heavy atom. The lowest BCUT2D eigenvalue weighted by molar-refractivity contribution is -0.150. The molecule has 124 valence electrons. The highest BCUT2D eigenvalue weighted by Gasteiger charge is 2.36. The lowest BCUT2D eigenvalue weighted by Gasteiger charge is -2.40. The highest BCUT2D eigenvalue weighted by molar-refractivity contribution is 5.84. The quantitative estimate of drug-likeness (QED) is 0.834. The van der Waals surface area contributed by atoms with Gasteiger partial charge in [0, 0.05) is 39.1 Å². The van der Waals surface area contributed by atoms with E-state index in [4.69, 9.17) is 5.11 Å². The van der Waals surface area contributed by atoms with Gasteiger partial charge in [0.25, 0.3) is 0 Å². The topological polar surface area (TPSA) is 81.2 Å². The Bertz CT molecular complexity index is 440. The molecule has 0 bridgehead atoms. The summed E-state index contributed by atoms with van der Waals surface area (Å²) in [5.74, 6) is -1.17. The lowest BCUT2D eigenvalue weighted by Crippen LogP contribution is -2.52. The molecule has 1 saturated heterocycles. The number of carbonyl (C=O) groups excluding carboxylic acids is 2. The van der Waals surface area contributed by atoms with Gasteiger partial charge in [-0.1, -0.05) is 0 Å². The van der Waals surface area contributed by atoms with Crippen molar-refractivity contribution in [2.75, 3.05) is 33.7 Å². The fourth-order valence-electron chi connectivity index (χ4n) is 3.07. The third kappa shape index (κ3) is 3.69. The Morgan fingerprint density at radius 2 is 1.68 bits per heavy atom. The fraction of sp³-hybridized carbons (Fsp3) is 0.800. The maximum Gasteiger partial charge on any atom is 0.323 e. The van der Waals surface area contributed by atoms with Crippen molar-refractivity contribution in [3.05, 3.63) is 0 Å². The van der Waals surface area contributed by atoms with Crippen LogP contribution in [0.2, 0.25) is 0 Å². The number of rotatable bonds is 4. The number of piperidine rings is 1. The molecule has 1 heterocycles. The molecule has 0 radical (unpaired) electrons. The van der Waals surface area contributed by atoms with Crippen LogP contribution < -0.4 is 0 Å². The first-order valence-electron chi connectivity index (χ1n) is 7.88. The summed E-state index contributed by atoms with van der Waals surface area (Å²) in [6.07, 6.45) is 4.08. The fourth-order valence-corrected chi connectivity index (χ4v) is 3.07. The number of carboxylic acids is 1. The van der Waals surface area contributed by atoms with Gasteiger partial charge in [-0.05, 0) is 32.1 Å². The first-order chi connectivity index (χ1) is 10.4. The summed E-state index contributed by atoms with van der Waals surface area (Å²) < 4.78 is 0. The van der Waals surface area contributed by atoms with Crippen LogP contribution >= 0.6 is 0 Å². The zero-order valence-electron chi connectivity index (χ0n) is 13.3. The number of urea groups is 1. The van der Waals surface area contributed by atoms with Gasteiger partial charge < -0.3 is 19.8 Å². The molecular formula is C15H25N3O4. The van der Waals surface area contributed by atoms with Gasteiger partial charge in [-0.2, -0.15) is 0 Å². The summed E-state index contributed by atoms with van der Waals surface area (Å²) >= 11 is 0. The number of aliphatic carboxylic acids is 1. The molecule has 1 aliphatic heterocycles. The van der Waals surface area contributed by atoms with E-state index in [9.17, 15) is 14.4 Å². The molecule has 2 rings (SSSR count). The molecule has 7 heteroatoms. The van der Waals surface area contributed by atoms with Crippen molar-refractivity contribution in [1.82, 2.24) is 14.7 Å². The van der Waals surface area contributed by atoms with Crippen molar-refractivity contribution in [2.45, 2.75) is 38.1 Å². The molecule has 0 aromatic heterocycles. The number of nitrogens with zero attached hydrogens (tertiary/aromatic N) is 3. The van der Waals surface area contributed by atoms with Crippen LogP contribution in [0.25, 0.3) is 0 Å². The van der Waals surface area contributed by atoms with Crippen LogP contribution in [0.4, 0.5) is 4.79 Å². The second-order valence-corrected chi connectivity index (χ2v) is 6.38. The Morgan fingerprint density at radius 1 is 1.09 bits per heavy atom. The molecule has 7 nitrogen and oxygen atoms in total. The van der Waals surface area contributed by atoms with Gasteiger partial charge in [-0.3, -0.25) is 9.59 Å². The monoisotopic (exact) mass is 311 g/mol. The average molecular weight is 311 g/mol. The molecule has 0 atom stereocenters. The summed E-state index contributed by atoms with van der Waals surface area (Å²) in [4.78, 5) is 40.4. The number of hydrogen-bond donors (Lipinski definition) is 1. The second-order valence-electron chi connectivity index (χ2n) is 6.38. The maximum atomic E-state index is 12.6. The smallest absolute Gasteiger partial charge is 0.323 e. The Balaban J connectivity index is 1.92. The summed E-state index contributed by atoms with van der Waals surface area (Å²) in [6.45, 7) is 0.901. The minimum atomic E-state index is -0.958. The zero-order valence-corrected chi connectivity index (χ0v) is 13.3. The van der Waals surface area contributed by atoms with Crippen LogP contribution in [0.1, 0.15) is 32.1 Å².